The van der Waals surface area contributed by atoms with Crippen LogP contribution in [0.5, 0.6) is 5.75 Å². The van der Waals surface area contributed by atoms with Crippen molar-refractivity contribution in [1.82, 2.24) is 9.03 Å². The zero-order chi connectivity index (χ0) is 11.5. The molecule has 1 aromatic rings. The molecule has 2 unspecified atom stereocenters. The molecule has 1 aromatic carbocycles. The summed E-state index contributed by atoms with van der Waals surface area (Å²) in [5.74, 6) is 0.914. The second kappa shape index (κ2) is 5.08. The Morgan fingerprint density at radius 1 is 1.31 bits per heavy atom. The molecule has 0 bridgehead atoms. The van der Waals surface area contributed by atoms with Gasteiger partial charge in [-0.3, -0.25) is 0 Å². The van der Waals surface area contributed by atoms with Crippen molar-refractivity contribution in [2.45, 2.75) is 32.5 Å². The molecule has 0 aromatic heterocycles. The Bertz CT molecular complexity index is 341. The van der Waals surface area contributed by atoms with Gasteiger partial charge in [0, 0.05) is 30.8 Å². The predicted molar refractivity (Wildman–Crippen MR) is 68.2 cm³/mol. The van der Waals surface area contributed by atoms with E-state index in [4.69, 9.17) is 4.74 Å². The van der Waals surface area contributed by atoms with Crippen LogP contribution in [0.3, 0.4) is 0 Å². The van der Waals surface area contributed by atoms with Crippen LogP contribution in [0.25, 0.3) is 0 Å². The first kappa shape index (κ1) is 11.8. The molecular weight excluding hydrogens is 220 g/mol. The molecule has 4 heteroatoms. The average Bonchev–Trinajstić information content (AvgIpc) is 2.62. The fraction of sp³-hybridized carbons (Fsp3) is 0.500. The lowest BCUT2D eigenvalue weighted by Gasteiger charge is -2.19. The standard InChI is InChI=1S/C12H18N2OS/c1-9-10(2)14(16-13-9)8-11-4-6-12(15-3)7-5-11/h4-7,9-10,13H,8H2,1-3H3. The summed E-state index contributed by atoms with van der Waals surface area (Å²) in [4.78, 5) is 0. The van der Waals surface area contributed by atoms with Gasteiger partial charge >= 0.3 is 0 Å². The lowest BCUT2D eigenvalue weighted by molar-refractivity contribution is 0.354. The van der Waals surface area contributed by atoms with Crippen LogP contribution >= 0.6 is 12.1 Å². The molecule has 2 atom stereocenters. The molecule has 0 spiro atoms. The van der Waals surface area contributed by atoms with Gasteiger partial charge in [0.1, 0.15) is 5.75 Å². The Hall–Kier alpha value is -0.710. The van der Waals surface area contributed by atoms with E-state index in [2.05, 4.69) is 35.0 Å². The number of nitrogens with one attached hydrogen (secondary N) is 1. The highest BCUT2D eigenvalue weighted by molar-refractivity contribution is 7.95. The van der Waals surface area contributed by atoms with Crippen molar-refractivity contribution < 1.29 is 4.74 Å². The molecule has 88 valence electrons. The van der Waals surface area contributed by atoms with Crippen molar-refractivity contribution in [1.29, 1.82) is 0 Å². The number of hydrogen-bond acceptors (Lipinski definition) is 4. The zero-order valence-corrected chi connectivity index (χ0v) is 10.8. The number of ether oxygens (including phenoxy) is 1. The van der Waals surface area contributed by atoms with Crippen LogP contribution in [-0.4, -0.2) is 23.5 Å². The SMILES string of the molecule is COc1ccc(CN2SNC(C)C2C)cc1. The molecule has 1 saturated heterocycles. The smallest absolute Gasteiger partial charge is 0.118 e. The minimum Gasteiger partial charge on any atom is -0.497 e. The van der Waals surface area contributed by atoms with Gasteiger partial charge in [-0.25, -0.2) is 9.03 Å². The molecule has 3 nitrogen and oxygen atoms in total. The van der Waals surface area contributed by atoms with Crippen LogP contribution in [-0.2, 0) is 6.54 Å². The van der Waals surface area contributed by atoms with Gasteiger partial charge in [0.25, 0.3) is 0 Å². The first-order valence-corrected chi connectivity index (χ1v) is 6.30. The molecule has 1 fully saturated rings. The van der Waals surface area contributed by atoms with E-state index in [1.807, 2.05) is 12.1 Å². The average molecular weight is 238 g/mol. The molecule has 1 N–H and O–H groups in total. The van der Waals surface area contributed by atoms with Crippen molar-refractivity contribution in [3.63, 3.8) is 0 Å². The Morgan fingerprint density at radius 2 is 2.00 bits per heavy atom. The first-order chi connectivity index (χ1) is 7.70. The van der Waals surface area contributed by atoms with Gasteiger partial charge in [0.15, 0.2) is 0 Å². The van der Waals surface area contributed by atoms with E-state index in [-0.39, 0.29) is 0 Å². The van der Waals surface area contributed by atoms with Gasteiger partial charge in [0.05, 0.1) is 7.11 Å². The van der Waals surface area contributed by atoms with Gasteiger partial charge in [-0.1, -0.05) is 12.1 Å². The van der Waals surface area contributed by atoms with E-state index in [1.54, 1.807) is 19.2 Å². The van der Waals surface area contributed by atoms with Gasteiger partial charge in [0.2, 0.25) is 0 Å². The monoisotopic (exact) mass is 238 g/mol. The van der Waals surface area contributed by atoms with Crippen molar-refractivity contribution >= 4 is 12.1 Å². The van der Waals surface area contributed by atoms with Crippen molar-refractivity contribution in [2.24, 2.45) is 0 Å². The third-order valence-electron chi connectivity index (χ3n) is 3.03. The quantitative estimate of drug-likeness (QED) is 0.818. The zero-order valence-electron chi connectivity index (χ0n) is 9.93. The number of nitrogens with zero attached hydrogens (tertiary/aromatic N) is 1. The van der Waals surface area contributed by atoms with Gasteiger partial charge in [-0.2, -0.15) is 0 Å². The summed E-state index contributed by atoms with van der Waals surface area (Å²) in [6.45, 7) is 5.43. The fourth-order valence-electron chi connectivity index (χ4n) is 1.67. The van der Waals surface area contributed by atoms with Gasteiger partial charge in [-0.15, -0.1) is 0 Å². The maximum absolute atomic E-state index is 5.15. The van der Waals surface area contributed by atoms with E-state index >= 15 is 0 Å². The molecule has 0 saturated carbocycles. The molecule has 0 aliphatic carbocycles. The van der Waals surface area contributed by atoms with Crippen LogP contribution in [0.2, 0.25) is 0 Å². The number of hydrogen-bond donors (Lipinski definition) is 1. The van der Waals surface area contributed by atoms with E-state index in [0.29, 0.717) is 12.1 Å². The summed E-state index contributed by atoms with van der Waals surface area (Å²) in [6.07, 6.45) is 0. The minimum atomic E-state index is 0.545. The van der Waals surface area contributed by atoms with Crippen LogP contribution in [0.15, 0.2) is 24.3 Å². The van der Waals surface area contributed by atoms with Crippen molar-refractivity contribution in [3.05, 3.63) is 29.8 Å². The summed E-state index contributed by atoms with van der Waals surface area (Å²) in [5.41, 5.74) is 1.32. The molecular formula is C12H18N2OS. The highest BCUT2D eigenvalue weighted by atomic mass is 32.2. The Balaban J connectivity index is 1.98. The van der Waals surface area contributed by atoms with Crippen molar-refractivity contribution in [3.8, 4) is 5.75 Å². The molecule has 1 aliphatic rings. The third kappa shape index (κ3) is 2.51. The van der Waals surface area contributed by atoms with Crippen molar-refractivity contribution in [2.75, 3.05) is 7.11 Å². The number of rotatable bonds is 3. The predicted octanol–water partition coefficient (Wildman–Crippen LogP) is 2.44. The van der Waals surface area contributed by atoms with E-state index in [9.17, 15) is 0 Å². The Labute approximate surface area is 101 Å². The van der Waals surface area contributed by atoms with Crippen LogP contribution < -0.4 is 9.46 Å². The summed E-state index contributed by atoms with van der Waals surface area (Å²) in [5, 5.41) is 0. The summed E-state index contributed by atoms with van der Waals surface area (Å²) in [6, 6.07) is 9.37. The van der Waals surface area contributed by atoms with Gasteiger partial charge < -0.3 is 4.74 Å². The Kier molecular flexibility index (Phi) is 3.74. The normalized spacial score (nSPS) is 25.9. The van der Waals surface area contributed by atoms with Crippen LogP contribution in [0.1, 0.15) is 19.4 Å². The first-order valence-electron chi connectivity index (χ1n) is 5.53. The highest BCUT2D eigenvalue weighted by Gasteiger charge is 2.27. The Morgan fingerprint density at radius 3 is 2.50 bits per heavy atom. The molecule has 0 amide bonds. The maximum Gasteiger partial charge on any atom is 0.118 e. The lowest BCUT2D eigenvalue weighted by Crippen LogP contribution is -2.30. The number of benzene rings is 1. The van der Waals surface area contributed by atoms with E-state index in [1.165, 1.54) is 5.56 Å². The summed E-state index contributed by atoms with van der Waals surface area (Å²) in [7, 11) is 1.69. The second-order valence-electron chi connectivity index (χ2n) is 4.16. The molecule has 16 heavy (non-hydrogen) atoms. The molecule has 0 radical (unpaired) electrons. The summed E-state index contributed by atoms with van der Waals surface area (Å²) < 4.78 is 10.9. The molecule has 1 heterocycles. The summed E-state index contributed by atoms with van der Waals surface area (Å²) >= 11 is 1.72. The van der Waals surface area contributed by atoms with E-state index < -0.39 is 0 Å². The second-order valence-corrected chi connectivity index (χ2v) is 5.05. The minimum absolute atomic E-state index is 0.545. The number of methoxy groups -OCH3 is 1. The van der Waals surface area contributed by atoms with E-state index in [0.717, 1.165) is 12.3 Å². The third-order valence-corrected chi connectivity index (χ3v) is 4.20. The largest absolute Gasteiger partial charge is 0.497 e. The van der Waals surface area contributed by atoms with Crippen LogP contribution in [0.4, 0.5) is 0 Å². The fourth-order valence-corrected chi connectivity index (χ4v) is 2.73. The van der Waals surface area contributed by atoms with Crippen LogP contribution in [0, 0.1) is 0 Å². The maximum atomic E-state index is 5.15. The topological polar surface area (TPSA) is 24.5 Å². The lowest BCUT2D eigenvalue weighted by atomic mass is 10.1. The highest BCUT2D eigenvalue weighted by Crippen LogP contribution is 2.26. The molecule has 2 rings (SSSR count). The molecule has 1 aliphatic heterocycles. The van der Waals surface area contributed by atoms with Gasteiger partial charge in [-0.05, 0) is 31.5 Å².